The summed E-state index contributed by atoms with van der Waals surface area (Å²) < 4.78 is 4.40. The Morgan fingerprint density at radius 3 is 2.18 bits per heavy atom. The SMILES string of the molecule is c1ccc(-n2c3ccccc3c3c4nc(-c5ccncc5)n(-c5ccncn5)c4ccc32)cc1. The number of nitrogens with zero attached hydrogens (tertiary/aromatic N) is 6. The fourth-order valence-electron chi connectivity index (χ4n) is 4.79. The number of rotatable bonds is 3. The van der Waals surface area contributed by atoms with Gasteiger partial charge in [0.15, 0.2) is 0 Å². The Morgan fingerprint density at radius 2 is 1.35 bits per heavy atom. The van der Waals surface area contributed by atoms with E-state index in [4.69, 9.17) is 4.98 Å². The van der Waals surface area contributed by atoms with E-state index in [9.17, 15) is 0 Å². The van der Waals surface area contributed by atoms with Crippen molar-refractivity contribution in [2.45, 2.75) is 0 Å². The van der Waals surface area contributed by atoms with Gasteiger partial charge in [-0.1, -0.05) is 36.4 Å². The number of imidazole rings is 1. The van der Waals surface area contributed by atoms with Crippen LogP contribution in [0.5, 0.6) is 0 Å². The normalized spacial score (nSPS) is 11.5. The number of pyridine rings is 1. The Bertz CT molecular complexity index is 1790. The van der Waals surface area contributed by atoms with Gasteiger partial charge in [0.25, 0.3) is 0 Å². The third-order valence-electron chi connectivity index (χ3n) is 6.21. The van der Waals surface area contributed by atoms with Gasteiger partial charge < -0.3 is 4.57 Å². The molecule has 0 radical (unpaired) electrons. The lowest BCUT2D eigenvalue weighted by Crippen LogP contribution is -2.00. The van der Waals surface area contributed by atoms with Crippen LogP contribution in [0, 0.1) is 0 Å². The Hall–Kier alpha value is -4.84. The van der Waals surface area contributed by atoms with Crippen LogP contribution < -0.4 is 0 Å². The molecule has 0 aliphatic heterocycles. The molecule has 0 saturated carbocycles. The van der Waals surface area contributed by atoms with Gasteiger partial charge in [-0.3, -0.25) is 9.55 Å². The molecule has 3 aromatic carbocycles. The van der Waals surface area contributed by atoms with Crippen molar-refractivity contribution in [3.05, 3.63) is 110 Å². The standard InChI is InChI=1S/C28H18N6/c1-2-6-20(7-3-1)33-22-9-5-4-8-21(22)26-23(33)10-11-24-27(26)32-28(19-12-15-29-16-13-19)34(24)25-14-17-30-18-31-25/h1-18H. The molecule has 7 aromatic rings. The molecule has 7 rings (SSSR count). The minimum absolute atomic E-state index is 0.774. The van der Waals surface area contributed by atoms with Crippen molar-refractivity contribution < 1.29 is 0 Å². The summed E-state index contributed by atoms with van der Waals surface area (Å²) in [5, 5.41) is 2.29. The zero-order valence-corrected chi connectivity index (χ0v) is 18.1. The number of aromatic nitrogens is 6. The predicted molar refractivity (Wildman–Crippen MR) is 134 cm³/mol. The van der Waals surface area contributed by atoms with Crippen molar-refractivity contribution in [3.63, 3.8) is 0 Å². The van der Waals surface area contributed by atoms with Crippen LogP contribution >= 0.6 is 0 Å². The lowest BCUT2D eigenvalue weighted by Gasteiger charge is -2.09. The van der Waals surface area contributed by atoms with E-state index in [0.29, 0.717) is 0 Å². The maximum Gasteiger partial charge on any atom is 0.147 e. The quantitative estimate of drug-likeness (QED) is 0.341. The molecule has 4 aromatic heterocycles. The first-order valence-electron chi connectivity index (χ1n) is 11.1. The second-order valence-electron chi connectivity index (χ2n) is 8.09. The molecule has 0 spiro atoms. The average Bonchev–Trinajstić information content (AvgIpc) is 3.46. The van der Waals surface area contributed by atoms with Gasteiger partial charge in [-0.15, -0.1) is 0 Å². The number of hydrogen-bond acceptors (Lipinski definition) is 4. The molecule has 0 unspecified atom stereocenters. The number of fused-ring (bicyclic) bond motifs is 5. The van der Waals surface area contributed by atoms with Gasteiger partial charge in [-0.05, 0) is 48.5 Å². The molecule has 0 aliphatic carbocycles. The number of para-hydroxylation sites is 2. The molecule has 6 heteroatoms. The predicted octanol–water partition coefficient (Wildman–Crippen LogP) is 5.97. The van der Waals surface area contributed by atoms with Crippen molar-refractivity contribution in [2.75, 3.05) is 0 Å². The van der Waals surface area contributed by atoms with E-state index in [1.165, 1.54) is 5.39 Å². The molecule has 0 N–H and O–H groups in total. The van der Waals surface area contributed by atoms with E-state index in [0.717, 1.165) is 50.3 Å². The zero-order chi connectivity index (χ0) is 22.5. The van der Waals surface area contributed by atoms with E-state index in [1.807, 2.05) is 24.3 Å². The fraction of sp³-hybridized carbons (Fsp3) is 0. The van der Waals surface area contributed by atoms with Gasteiger partial charge >= 0.3 is 0 Å². The summed E-state index contributed by atoms with van der Waals surface area (Å²) in [5.41, 5.74) is 6.30. The van der Waals surface area contributed by atoms with E-state index < -0.39 is 0 Å². The Kier molecular flexibility index (Phi) is 4.04. The summed E-state index contributed by atoms with van der Waals surface area (Å²) in [4.78, 5) is 18.0. The molecule has 0 atom stereocenters. The lowest BCUT2D eigenvalue weighted by atomic mass is 10.1. The minimum atomic E-state index is 0.774. The van der Waals surface area contributed by atoms with Crippen LogP contribution in [0.2, 0.25) is 0 Å². The van der Waals surface area contributed by atoms with Crippen LogP contribution in [0.4, 0.5) is 0 Å². The van der Waals surface area contributed by atoms with Crippen molar-refractivity contribution in [3.8, 4) is 22.9 Å². The third kappa shape index (κ3) is 2.69. The molecular weight excluding hydrogens is 420 g/mol. The second-order valence-corrected chi connectivity index (χ2v) is 8.09. The van der Waals surface area contributed by atoms with Crippen LogP contribution in [0.25, 0.3) is 55.7 Å². The molecule has 34 heavy (non-hydrogen) atoms. The molecule has 6 nitrogen and oxygen atoms in total. The van der Waals surface area contributed by atoms with Crippen molar-refractivity contribution in [1.29, 1.82) is 0 Å². The summed E-state index contributed by atoms with van der Waals surface area (Å²) in [7, 11) is 0. The number of benzene rings is 3. The van der Waals surface area contributed by atoms with Gasteiger partial charge in [0.1, 0.15) is 18.0 Å². The highest BCUT2D eigenvalue weighted by Gasteiger charge is 2.21. The first-order chi connectivity index (χ1) is 16.9. The fourth-order valence-corrected chi connectivity index (χ4v) is 4.79. The van der Waals surface area contributed by atoms with Gasteiger partial charge in [0.05, 0.1) is 22.1 Å². The second kappa shape index (κ2) is 7.35. The van der Waals surface area contributed by atoms with E-state index >= 15 is 0 Å². The Labute approximate surface area is 194 Å². The summed E-state index contributed by atoms with van der Waals surface area (Å²) >= 11 is 0. The first kappa shape index (κ1) is 18.7. The molecule has 160 valence electrons. The van der Waals surface area contributed by atoms with Gasteiger partial charge in [-0.2, -0.15) is 0 Å². The highest BCUT2D eigenvalue weighted by Crippen LogP contribution is 2.38. The van der Waals surface area contributed by atoms with Crippen LogP contribution in [0.15, 0.2) is 110 Å². The highest BCUT2D eigenvalue weighted by molar-refractivity contribution is 6.20. The number of hydrogen-bond donors (Lipinski definition) is 0. The summed E-state index contributed by atoms with van der Waals surface area (Å²) in [6.45, 7) is 0. The summed E-state index contributed by atoms with van der Waals surface area (Å²) in [6, 6.07) is 29.1. The minimum Gasteiger partial charge on any atom is -0.309 e. The summed E-state index contributed by atoms with van der Waals surface area (Å²) in [6.07, 6.45) is 6.90. The van der Waals surface area contributed by atoms with Crippen molar-refractivity contribution in [1.82, 2.24) is 29.1 Å². The van der Waals surface area contributed by atoms with Gasteiger partial charge in [0.2, 0.25) is 0 Å². The van der Waals surface area contributed by atoms with E-state index in [1.54, 1.807) is 24.9 Å². The smallest absolute Gasteiger partial charge is 0.147 e. The molecule has 0 bridgehead atoms. The molecule has 4 heterocycles. The monoisotopic (exact) mass is 438 g/mol. The van der Waals surface area contributed by atoms with Gasteiger partial charge in [-0.25, -0.2) is 15.0 Å². The molecule has 0 amide bonds. The molecule has 0 fully saturated rings. The lowest BCUT2D eigenvalue weighted by molar-refractivity contribution is 1.00. The van der Waals surface area contributed by atoms with Crippen LogP contribution in [0.1, 0.15) is 0 Å². The highest BCUT2D eigenvalue weighted by atomic mass is 15.1. The maximum absolute atomic E-state index is 5.21. The Morgan fingerprint density at radius 1 is 0.588 bits per heavy atom. The van der Waals surface area contributed by atoms with Crippen LogP contribution in [-0.2, 0) is 0 Å². The van der Waals surface area contributed by atoms with Crippen LogP contribution in [0.3, 0.4) is 0 Å². The largest absolute Gasteiger partial charge is 0.309 e. The zero-order valence-electron chi connectivity index (χ0n) is 18.1. The van der Waals surface area contributed by atoms with E-state index in [-0.39, 0.29) is 0 Å². The average molecular weight is 438 g/mol. The first-order valence-corrected chi connectivity index (χ1v) is 11.1. The van der Waals surface area contributed by atoms with Crippen molar-refractivity contribution in [2.24, 2.45) is 0 Å². The maximum atomic E-state index is 5.21. The molecular formula is C28H18N6. The Balaban J connectivity index is 1.66. The topological polar surface area (TPSA) is 61.4 Å². The van der Waals surface area contributed by atoms with E-state index in [2.05, 4.69) is 84.7 Å². The van der Waals surface area contributed by atoms with Crippen molar-refractivity contribution >= 4 is 32.8 Å². The molecule has 0 saturated heterocycles. The van der Waals surface area contributed by atoms with Gasteiger partial charge in [0, 0.05) is 40.6 Å². The van der Waals surface area contributed by atoms with Crippen LogP contribution in [-0.4, -0.2) is 29.1 Å². The summed E-state index contributed by atoms with van der Waals surface area (Å²) in [5.74, 6) is 1.59. The molecule has 0 aliphatic rings. The third-order valence-corrected chi connectivity index (χ3v) is 6.21.